The molecule has 0 bridgehead atoms. The van der Waals surface area contributed by atoms with Crippen LogP contribution >= 0.6 is 22.9 Å². The second-order valence-electron chi connectivity index (χ2n) is 8.72. The minimum atomic E-state index is -0.245. The van der Waals surface area contributed by atoms with Gasteiger partial charge in [-0.3, -0.25) is 9.59 Å². The summed E-state index contributed by atoms with van der Waals surface area (Å²) in [5, 5.41) is 2.69. The maximum Gasteiger partial charge on any atom is 0.254 e. The molecule has 0 saturated heterocycles. The van der Waals surface area contributed by atoms with Gasteiger partial charge in [-0.15, -0.1) is 11.3 Å². The van der Waals surface area contributed by atoms with Gasteiger partial charge in [0, 0.05) is 42.3 Å². The van der Waals surface area contributed by atoms with Crippen molar-refractivity contribution >= 4 is 34.8 Å². The van der Waals surface area contributed by atoms with E-state index in [1.165, 1.54) is 4.88 Å². The maximum atomic E-state index is 13.7. The average Bonchev–Trinajstić information content (AvgIpc) is 3.41. The molecule has 2 aromatic carbocycles. The molecule has 1 aromatic heterocycles. The van der Waals surface area contributed by atoms with Crippen LogP contribution in [0.4, 0.5) is 0 Å². The molecular formula is C28H31ClN2O5S. The first-order valence-corrected chi connectivity index (χ1v) is 13.4. The largest absolute Gasteiger partial charge is 0.497 e. The molecular weight excluding hydrogens is 512 g/mol. The molecule has 0 saturated carbocycles. The van der Waals surface area contributed by atoms with Gasteiger partial charge in [0.05, 0.1) is 13.2 Å². The van der Waals surface area contributed by atoms with Crippen molar-refractivity contribution in [3.8, 4) is 11.5 Å². The molecule has 1 aliphatic heterocycles. The lowest BCUT2D eigenvalue weighted by molar-refractivity contribution is -0.135. The summed E-state index contributed by atoms with van der Waals surface area (Å²) in [6, 6.07) is 16.0. The number of methoxy groups -OCH3 is 2. The Morgan fingerprint density at radius 1 is 1.11 bits per heavy atom. The molecule has 4 rings (SSSR count). The Labute approximate surface area is 226 Å². The molecule has 1 atom stereocenters. The van der Waals surface area contributed by atoms with Gasteiger partial charge in [-0.25, -0.2) is 0 Å². The number of benzene rings is 2. The van der Waals surface area contributed by atoms with E-state index in [1.54, 1.807) is 66.9 Å². The van der Waals surface area contributed by atoms with Crippen molar-refractivity contribution in [3.05, 3.63) is 81.0 Å². The summed E-state index contributed by atoms with van der Waals surface area (Å²) < 4.78 is 16.5. The molecule has 2 amide bonds. The standard InChI is InChI=1S/C28H31ClN2O5S/c1-34-15-4-13-30(28(33)20-5-3-6-23(17-20)35-2)18-27(32)31-14-11-26-24(12-16-37-26)25(31)19-36-22-9-7-21(29)8-10-22/h3,5-10,12,16-17,25H,4,11,13-15,18-19H2,1-2H3. The number of ether oxygens (including phenoxy) is 3. The maximum absolute atomic E-state index is 13.7. The first-order valence-electron chi connectivity index (χ1n) is 12.2. The monoisotopic (exact) mass is 542 g/mol. The number of thiophene rings is 1. The number of amides is 2. The number of halogens is 1. The SMILES string of the molecule is COCCCN(CC(=O)N1CCc2sccc2C1COc1ccc(Cl)cc1)C(=O)c1cccc(OC)c1. The van der Waals surface area contributed by atoms with Gasteiger partial charge in [0.1, 0.15) is 24.7 Å². The van der Waals surface area contributed by atoms with Crippen LogP contribution in [0.3, 0.4) is 0 Å². The molecule has 0 N–H and O–H groups in total. The molecule has 2 heterocycles. The molecule has 196 valence electrons. The van der Waals surface area contributed by atoms with Crippen LogP contribution in [0.1, 0.15) is 33.3 Å². The first-order chi connectivity index (χ1) is 18.0. The summed E-state index contributed by atoms with van der Waals surface area (Å²) >= 11 is 7.70. The highest BCUT2D eigenvalue weighted by molar-refractivity contribution is 7.10. The van der Waals surface area contributed by atoms with Gasteiger partial charge in [-0.05, 0) is 72.3 Å². The van der Waals surface area contributed by atoms with E-state index in [0.29, 0.717) is 54.8 Å². The Morgan fingerprint density at radius 2 is 1.92 bits per heavy atom. The Morgan fingerprint density at radius 3 is 2.68 bits per heavy atom. The summed E-state index contributed by atoms with van der Waals surface area (Å²) in [6.07, 6.45) is 1.40. The van der Waals surface area contributed by atoms with Gasteiger partial charge < -0.3 is 24.0 Å². The normalized spacial score (nSPS) is 14.7. The fourth-order valence-corrected chi connectivity index (χ4v) is 5.48. The van der Waals surface area contributed by atoms with E-state index >= 15 is 0 Å². The third-order valence-electron chi connectivity index (χ3n) is 6.34. The van der Waals surface area contributed by atoms with Gasteiger partial charge in [-0.2, -0.15) is 0 Å². The first kappa shape index (κ1) is 27.0. The highest BCUT2D eigenvalue weighted by Crippen LogP contribution is 2.34. The minimum Gasteiger partial charge on any atom is -0.497 e. The van der Waals surface area contributed by atoms with Crippen molar-refractivity contribution in [2.45, 2.75) is 18.9 Å². The molecule has 0 radical (unpaired) electrons. The van der Waals surface area contributed by atoms with Gasteiger partial charge in [-0.1, -0.05) is 17.7 Å². The van der Waals surface area contributed by atoms with Crippen LogP contribution in [0.5, 0.6) is 11.5 Å². The fraction of sp³-hybridized carbons (Fsp3) is 0.357. The van der Waals surface area contributed by atoms with E-state index in [-0.39, 0.29) is 24.4 Å². The van der Waals surface area contributed by atoms with Crippen LogP contribution < -0.4 is 9.47 Å². The van der Waals surface area contributed by atoms with Crippen LogP contribution in [0.25, 0.3) is 0 Å². The van der Waals surface area contributed by atoms with Gasteiger partial charge in [0.15, 0.2) is 0 Å². The Kier molecular flexibility index (Phi) is 9.44. The summed E-state index contributed by atoms with van der Waals surface area (Å²) in [4.78, 5) is 31.8. The Bertz CT molecular complexity index is 1200. The van der Waals surface area contributed by atoms with Crippen molar-refractivity contribution < 1.29 is 23.8 Å². The van der Waals surface area contributed by atoms with Crippen molar-refractivity contribution in [3.63, 3.8) is 0 Å². The minimum absolute atomic E-state index is 0.0311. The smallest absolute Gasteiger partial charge is 0.254 e. The van der Waals surface area contributed by atoms with E-state index in [0.717, 1.165) is 12.0 Å². The molecule has 7 nitrogen and oxygen atoms in total. The van der Waals surface area contributed by atoms with Crippen molar-refractivity contribution in [1.29, 1.82) is 0 Å². The van der Waals surface area contributed by atoms with Crippen LogP contribution in [0, 0.1) is 0 Å². The van der Waals surface area contributed by atoms with Gasteiger partial charge in [0.25, 0.3) is 5.91 Å². The molecule has 0 aliphatic carbocycles. The number of carbonyl (C=O) groups is 2. The molecule has 3 aromatic rings. The zero-order valence-corrected chi connectivity index (χ0v) is 22.6. The molecule has 0 fully saturated rings. The highest BCUT2D eigenvalue weighted by Gasteiger charge is 2.33. The van der Waals surface area contributed by atoms with Crippen LogP contribution in [0.2, 0.25) is 5.02 Å². The molecule has 0 spiro atoms. The summed E-state index contributed by atoms with van der Waals surface area (Å²) in [5.74, 6) is 0.948. The van der Waals surface area contributed by atoms with Gasteiger partial charge >= 0.3 is 0 Å². The van der Waals surface area contributed by atoms with Gasteiger partial charge in [0.2, 0.25) is 5.91 Å². The lowest BCUT2D eigenvalue weighted by Gasteiger charge is -2.37. The lowest BCUT2D eigenvalue weighted by atomic mass is 10.0. The van der Waals surface area contributed by atoms with E-state index in [9.17, 15) is 9.59 Å². The quantitative estimate of drug-likeness (QED) is 0.316. The number of carbonyl (C=O) groups excluding carboxylic acids is 2. The predicted molar refractivity (Wildman–Crippen MR) is 145 cm³/mol. The second kappa shape index (κ2) is 12.9. The van der Waals surface area contributed by atoms with Crippen LogP contribution in [-0.2, 0) is 16.0 Å². The zero-order valence-electron chi connectivity index (χ0n) is 21.0. The van der Waals surface area contributed by atoms with Crippen LogP contribution in [0.15, 0.2) is 60.0 Å². The van der Waals surface area contributed by atoms with Crippen molar-refractivity contribution in [1.82, 2.24) is 9.80 Å². The second-order valence-corrected chi connectivity index (χ2v) is 10.2. The third-order valence-corrected chi connectivity index (χ3v) is 7.59. The predicted octanol–water partition coefficient (Wildman–Crippen LogP) is 5.09. The van der Waals surface area contributed by atoms with Crippen LogP contribution in [-0.4, -0.2) is 68.7 Å². The van der Waals surface area contributed by atoms with E-state index in [4.69, 9.17) is 25.8 Å². The number of hydrogen-bond acceptors (Lipinski definition) is 6. The summed E-state index contributed by atoms with van der Waals surface area (Å²) in [6.45, 7) is 1.75. The van der Waals surface area contributed by atoms with E-state index in [1.807, 2.05) is 17.0 Å². The molecule has 1 aliphatic rings. The third kappa shape index (κ3) is 6.83. The van der Waals surface area contributed by atoms with Crippen molar-refractivity contribution in [2.75, 3.05) is 47.1 Å². The highest BCUT2D eigenvalue weighted by atomic mass is 35.5. The molecule has 37 heavy (non-hydrogen) atoms. The number of hydrogen-bond donors (Lipinski definition) is 0. The van der Waals surface area contributed by atoms with Crippen molar-refractivity contribution in [2.24, 2.45) is 0 Å². The molecule has 9 heteroatoms. The topological polar surface area (TPSA) is 68.3 Å². The summed E-state index contributed by atoms with van der Waals surface area (Å²) in [7, 11) is 3.18. The fourth-order valence-electron chi connectivity index (χ4n) is 4.43. The Hall–Kier alpha value is -3.07. The van der Waals surface area contributed by atoms with E-state index < -0.39 is 0 Å². The molecule has 1 unspecified atom stereocenters. The number of nitrogens with zero attached hydrogens (tertiary/aromatic N) is 2. The summed E-state index contributed by atoms with van der Waals surface area (Å²) in [5.41, 5.74) is 1.58. The number of rotatable bonds is 11. The van der Waals surface area contributed by atoms with E-state index in [2.05, 4.69) is 11.4 Å². The Balaban J connectivity index is 1.52. The lowest BCUT2D eigenvalue weighted by Crippen LogP contribution is -2.48. The average molecular weight is 543 g/mol. The zero-order chi connectivity index (χ0) is 26.2. The number of fused-ring (bicyclic) bond motifs is 1.